The van der Waals surface area contributed by atoms with Crippen LogP contribution in [-0.4, -0.2) is 34.5 Å². The highest BCUT2D eigenvalue weighted by molar-refractivity contribution is 5.97. The molecule has 108 valence electrons. The number of carboxylic acids is 1. The van der Waals surface area contributed by atoms with Crippen LogP contribution in [-0.2, 0) is 0 Å². The molecule has 2 rings (SSSR count). The van der Waals surface area contributed by atoms with Crippen LogP contribution in [0.3, 0.4) is 0 Å². The Morgan fingerprint density at radius 2 is 1.95 bits per heavy atom. The van der Waals surface area contributed by atoms with Crippen molar-refractivity contribution in [1.82, 2.24) is 4.90 Å². The third-order valence-corrected chi connectivity index (χ3v) is 3.92. The van der Waals surface area contributed by atoms with Crippen LogP contribution in [0.2, 0.25) is 0 Å². The van der Waals surface area contributed by atoms with Crippen molar-refractivity contribution in [1.29, 1.82) is 0 Å². The zero-order valence-electron chi connectivity index (χ0n) is 12.0. The molecule has 0 saturated heterocycles. The number of carbonyl (C=O) groups excluding carboxylic acids is 1. The van der Waals surface area contributed by atoms with Gasteiger partial charge in [-0.1, -0.05) is 12.5 Å². The average molecular weight is 275 g/mol. The zero-order valence-corrected chi connectivity index (χ0v) is 12.0. The first-order valence-corrected chi connectivity index (χ1v) is 7.13. The minimum absolute atomic E-state index is 0.0741. The van der Waals surface area contributed by atoms with Gasteiger partial charge in [0, 0.05) is 18.2 Å². The van der Waals surface area contributed by atoms with Crippen LogP contribution in [0.1, 0.15) is 53.8 Å². The molecule has 0 spiro atoms. The van der Waals surface area contributed by atoms with Crippen molar-refractivity contribution in [3.63, 3.8) is 0 Å². The Balaban J connectivity index is 2.17. The summed E-state index contributed by atoms with van der Waals surface area (Å²) in [6, 6.07) is 6.39. The van der Waals surface area contributed by atoms with Gasteiger partial charge in [0.15, 0.2) is 0 Å². The van der Waals surface area contributed by atoms with Gasteiger partial charge in [0.05, 0.1) is 5.56 Å². The predicted molar refractivity (Wildman–Crippen MR) is 76.9 cm³/mol. The minimum atomic E-state index is -1.00. The summed E-state index contributed by atoms with van der Waals surface area (Å²) in [7, 11) is 0. The van der Waals surface area contributed by atoms with Gasteiger partial charge in [-0.2, -0.15) is 0 Å². The largest absolute Gasteiger partial charge is 0.478 e. The van der Waals surface area contributed by atoms with E-state index < -0.39 is 5.97 Å². The normalized spacial score (nSPS) is 14.9. The Bertz CT molecular complexity index is 506. The molecule has 1 amide bonds. The molecular formula is C16H21NO3. The highest BCUT2D eigenvalue weighted by Crippen LogP contribution is 2.28. The fourth-order valence-electron chi connectivity index (χ4n) is 2.43. The minimum Gasteiger partial charge on any atom is -0.478 e. The zero-order chi connectivity index (χ0) is 14.7. The molecule has 0 bridgehead atoms. The second-order valence-corrected chi connectivity index (χ2v) is 5.73. The monoisotopic (exact) mass is 275 g/mol. The van der Waals surface area contributed by atoms with Crippen molar-refractivity contribution in [3.8, 4) is 0 Å². The maximum absolute atomic E-state index is 12.6. The Morgan fingerprint density at radius 3 is 2.45 bits per heavy atom. The molecule has 1 aliphatic carbocycles. The van der Waals surface area contributed by atoms with Crippen LogP contribution < -0.4 is 0 Å². The molecule has 1 saturated carbocycles. The molecule has 1 aliphatic rings. The lowest BCUT2D eigenvalue weighted by molar-refractivity contribution is 0.0632. The van der Waals surface area contributed by atoms with E-state index in [1.165, 1.54) is 31.4 Å². The van der Waals surface area contributed by atoms with Gasteiger partial charge in [0.2, 0.25) is 0 Å². The van der Waals surface area contributed by atoms with Gasteiger partial charge in [-0.3, -0.25) is 4.79 Å². The van der Waals surface area contributed by atoms with E-state index in [1.54, 1.807) is 12.1 Å². The van der Waals surface area contributed by atoms with Crippen LogP contribution >= 0.6 is 0 Å². The molecule has 0 heterocycles. The van der Waals surface area contributed by atoms with Gasteiger partial charge in [-0.15, -0.1) is 0 Å². The molecule has 20 heavy (non-hydrogen) atoms. The fraction of sp³-hybridized carbons (Fsp3) is 0.500. The standard InChI is InChI=1S/C16H21NO3/c1-11(2)17(10-12-5-3-6-12)15(18)13-7-4-8-14(9-13)16(19)20/h4,7-9,11-12H,3,5-6,10H2,1-2H3,(H,19,20). The van der Waals surface area contributed by atoms with Crippen molar-refractivity contribution in [2.45, 2.75) is 39.2 Å². The van der Waals surface area contributed by atoms with Gasteiger partial charge in [-0.25, -0.2) is 4.79 Å². The SMILES string of the molecule is CC(C)N(CC1CCC1)C(=O)c1cccc(C(=O)O)c1. The van der Waals surface area contributed by atoms with E-state index in [2.05, 4.69) is 0 Å². The molecule has 0 unspecified atom stereocenters. The van der Waals surface area contributed by atoms with E-state index in [4.69, 9.17) is 5.11 Å². The lowest BCUT2D eigenvalue weighted by atomic mass is 9.84. The molecule has 1 aromatic carbocycles. The number of rotatable bonds is 5. The highest BCUT2D eigenvalue weighted by Gasteiger charge is 2.26. The number of amides is 1. The first kappa shape index (κ1) is 14.6. The number of benzene rings is 1. The molecular weight excluding hydrogens is 254 g/mol. The van der Waals surface area contributed by atoms with Crippen LogP contribution in [0, 0.1) is 5.92 Å². The maximum atomic E-state index is 12.6. The van der Waals surface area contributed by atoms with Gasteiger partial charge >= 0.3 is 5.97 Å². The summed E-state index contributed by atoms with van der Waals surface area (Å²) in [6.45, 7) is 4.77. The highest BCUT2D eigenvalue weighted by atomic mass is 16.4. The third kappa shape index (κ3) is 3.18. The lowest BCUT2D eigenvalue weighted by Gasteiger charge is -2.35. The first-order valence-electron chi connectivity index (χ1n) is 7.13. The topological polar surface area (TPSA) is 57.6 Å². The van der Waals surface area contributed by atoms with Crippen LogP contribution in [0.15, 0.2) is 24.3 Å². The van der Waals surface area contributed by atoms with Crippen molar-refractivity contribution < 1.29 is 14.7 Å². The van der Waals surface area contributed by atoms with E-state index in [0.29, 0.717) is 11.5 Å². The molecule has 4 nitrogen and oxygen atoms in total. The van der Waals surface area contributed by atoms with E-state index in [0.717, 1.165) is 6.54 Å². The van der Waals surface area contributed by atoms with Crippen LogP contribution in [0.25, 0.3) is 0 Å². The smallest absolute Gasteiger partial charge is 0.335 e. The molecule has 0 aromatic heterocycles. The van der Waals surface area contributed by atoms with Gasteiger partial charge in [0.25, 0.3) is 5.91 Å². The Hall–Kier alpha value is -1.84. The Labute approximate surface area is 119 Å². The summed E-state index contributed by atoms with van der Waals surface area (Å²) in [5, 5.41) is 9.01. The first-order chi connectivity index (χ1) is 9.49. The number of nitrogens with zero attached hydrogens (tertiary/aromatic N) is 1. The predicted octanol–water partition coefficient (Wildman–Crippen LogP) is 3.04. The Kier molecular flexibility index (Phi) is 4.42. The third-order valence-electron chi connectivity index (χ3n) is 3.92. The summed E-state index contributed by atoms with van der Waals surface area (Å²) in [5.41, 5.74) is 0.612. The van der Waals surface area contributed by atoms with Crippen molar-refractivity contribution in [2.24, 2.45) is 5.92 Å². The van der Waals surface area contributed by atoms with E-state index in [-0.39, 0.29) is 17.5 Å². The summed E-state index contributed by atoms with van der Waals surface area (Å²) in [6.07, 6.45) is 3.62. The number of hydrogen-bond donors (Lipinski definition) is 1. The summed E-state index contributed by atoms with van der Waals surface area (Å²) < 4.78 is 0. The Morgan fingerprint density at radius 1 is 1.30 bits per heavy atom. The summed E-state index contributed by atoms with van der Waals surface area (Å²) in [5.74, 6) is -0.478. The number of carboxylic acid groups (broad SMARTS) is 1. The number of carbonyl (C=O) groups is 2. The quantitative estimate of drug-likeness (QED) is 0.898. The van der Waals surface area contributed by atoms with Gasteiger partial charge < -0.3 is 10.0 Å². The molecule has 0 atom stereocenters. The number of hydrogen-bond acceptors (Lipinski definition) is 2. The summed E-state index contributed by atoms with van der Waals surface area (Å²) in [4.78, 5) is 25.4. The van der Waals surface area contributed by atoms with E-state index in [1.807, 2.05) is 18.7 Å². The van der Waals surface area contributed by atoms with Crippen molar-refractivity contribution in [2.75, 3.05) is 6.54 Å². The second-order valence-electron chi connectivity index (χ2n) is 5.73. The van der Waals surface area contributed by atoms with Crippen molar-refractivity contribution >= 4 is 11.9 Å². The average Bonchev–Trinajstić information content (AvgIpc) is 2.36. The molecule has 0 radical (unpaired) electrons. The van der Waals surface area contributed by atoms with Gasteiger partial charge in [-0.05, 0) is 50.8 Å². The van der Waals surface area contributed by atoms with E-state index in [9.17, 15) is 9.59 Å². The second kappa shape index (κ2) is 6.07. The molecule has 0 aliphatic heterocycles. The molecule has 1 N–H and O–H groups in total. The van der Waals surface area contributed by atoms with Crippen molar-refractivity contribution in [3.05, 3.63) is 35.4 Å². The molecule has 1 aromatic rings. The lowest BCUT2D eigenvalue weighted by Crippen LogP contribution is -2.41. The van der Waals surface area contributed by atoms with E-state index >= 15 is 0 Å². The van der Waals surface area contributed by atoms with Gasteiger partial charge in [0.1, 0.15) is 0 Å². The maximum Gasteiger partial charge on any atom is 0.335 e. The molecule has 4 heteroatoms. The fourth-order valence-corrected chi connectivity index (χ4v) is 2.43. The molecule has 1 fully saturated rings. The number of aromatic carboxylic acids is 1. The van der Waals surface area contributed by atoms with Crippen LogP contribution in [0.5, 0.6) is 0 Å². The summed E-state index contributed by atoms with van der Waals surface area (Å²) >= 11 is 0. The van der Waals surface area contributed by atoms with Crippen LogP contribution in [0.4, 0.5) is 0 Å².